The molecule has 2 fully saturated rings. The number of hydrogen-bond acceptors (Lipinski definition) is 1. The first-order valence-corrected chi connectivity index (χ1v) is 16.3. The highest BCUT2D eigenvalue weighted by Gasteiger charge is 2.34. The molecule has 1 aromatic heterocycles. The van der Waals surface area contributed by atoms with Gasteiger partial charge in [0.15, 0.2) is 0 Å². The van der Waals surface area contributed by atoms with Gasteiger partial charge in [-0.15, -0.1) is 0 Å². The molecule has 0 N–H and O–H groups in total. The van der Waals surface area contributed by atoms with Crippen LogP contribution < -0.4 is 10.2 Å². The number of hydrogen-bond donors (Lipinski definition) is 0. The first-order valence-electron chi connectivity index (χ1n) is 14.9. The van der Waals surface area contributed by atoms with E-state index in [0.717, 1.165) is 11.3 Å². The van der Waals surface area contributed by atoms with Gasteiger partial charge in [-0.1, -0.05) is 95.0 Å². The lowest BCUT2D eigenvalue weighted by Crippen LogP contribution is -2.27. The largest absolute Gasteiger partial charge is 0.377 e. The average Bonchev–Trinajstić information content (AvgIpc) is 3.35. The summed E-state index contributed by atoms with van der Waals surface area (Å²) in [6.07, 6.45) is 16.5. The van der Waals surface area contributed by atoms with E-state index in [-0.39, 0.29) is 7.92 Å². The molecule has 0 radical (unpaired) electrons. The van der Waals surface area contributed by atoms with Crippen LogP contribution in [-0.4, -0.2) is 30.0 Å². The van der Waals surface area contributed by atoms with Crippen LogP contribution in [0.25, 0.3) is 33.2 Å². The molecule has 0 amide bonds. The Morgan fingerprint density at radius 2 is 1.26 bits per heavy atom. The molecule has 0 saturated heterocycles. The number of nitrogens with zero attached hydrogens (tertiary/aromatic N) is 2. The monoisotopic (exact) mass is 522 g/mol. The Bertz CT molecular complexity index is 1370. The second-order valence-corrected chi connectivity index (χ2v) is 14.5. The van der Waals surface area contributed by atoms with Crippen molar-refractivity contribution in [2.24, 2.45) is 7.05 Å². The van der Waals surface area contributed by atoms with Crippen molar-refractivity contribution in [2.75, 3.05) is 19.0 Å². The molecule has 0 aliphatic heterocycles. The first-order chi connectivity index (χ1) is 18.6. The Hall–Kier alpha value is -2.57. The lowest BCUT2D eigenvalue weighted by atomic mass is 9.91. The number of aryl methyl sites for hydroxylation is 1. The predicted molar refractivity (Wildman–Crippen MR) is 168 cm³/mol. The summed E-state index contributed by atoms with van der Waals surface area (Å²) < 4.78 is 2.24. The quantitative estimate of drug-likeness (QED) is 0.229. The van der Waals surface area contributed by atoms with Crippen LogP contribution in [-0.2, 0) is 7.05 Å². The molecule has 2 saturated carbocycles. The molecule has 0 bridgehead atoms. The maximum Gasteiger partial charge on any atom is 0.0483 e. The van der Waals surface area contributed by atoms with Crippen molar-refractivity contribution in [1.82, 2.24) is 4.57 Å². The maximum absolute atomic E-state index is 2.53. The van der Waals surface area contributed by atoms with E-state index in [1.54, 1.807) is 5.30 Å². The highest BCUT2D eigenvalue weighted by atomic mass is 31.1. The summed E-state index contributed by atoms with van der Waals surface area (Å²) in [6, 6.07) is 25.6. The molecule has 38 heavy (non-hydrogen) atoms. The van der Waals surface area contributed by atoms with Crippen molar-refractivity contribution in [1.29, 1.82) is 0 Å². The summed E-state index contributed by atoms with van der Waals surface area (Å²) in [5.74, 6) is 0. The minimum Gasteiger partial charge on any atom is -0.377 e. The number of anilines is 1. The highest BCUT2D eigenvalue weighted by molar-refractivity contribution is 7.67. The van der Waals surface area contributed by atoms with Gasteiger partial charge in [-0.25, -0.2) is 0 Å². The molecule has 0 atom stereocenters. The van der Waals surface area contributed by atoms with Gasteiger partial charge in [-0.3, -0.25) is 0 Å². The summed E-state index contributed by atoms with van der Waals surface area (Å²) in [5.41, 5.74) is 10.0. The lowest BCUT2D eigenvalue weighted by Gasteiger charge is -2.40. The van der Waals surface area contributed by atoms with Crippen molar-refractivity contribution in [3.63, 3.8) is 0 Å². The summed E-state index contributed by atoms with van der Waals surface area (Å²) in [4.78, 5) is 2.32. The van der Waals surface area contributed by atoms with E-state index in [1.165, 1.54) is 103 Å². The third-order valence-electron chi connectivity index (χ3n) is 9.13. The predicted octanol–water partition coefficient (Wildman–Crippen LogP) is 9.35. The fourth-order valence-electron chi connectivity index (χ4n) is 7.28. The molecule has 2 aliphatic carbocycles. The average molecular weight is 523 g/mol. The van der Waals surface area contributed by atoms with Crippen molar-refractivity contribution < 1.29 is 0 Å². The Morgan fingerprint density at radius 1 is 0.658 bits per heavy atom. The molecular formula is C35H43N2P. The van der Waals surface area contributed by atoms with Gasteiger partial charge in [-0.2, -0.15) is 0 Å². The Balaban J connectivity index is 1.58. The summed E-state index contributed by atoms with van der Waals surface area (Å²) in [7, 11) is 6.37. The fraction of sp³-hybridized carbons (Fsp3) is 0.429. The van der Waals surface area contributed by atoms with Crippen molar-refractivity contribution >= 4 is 29.8 Å². The third-order valence-corrected chi connectivity index (χ3v) is 12.7. The van der Waals surface area contributed by atoms with Crippen LogP contribution in [0.3, 0.4) is 0 Å². The van der Waals surface area contributed by atoms with Gasteiger partial charge < -0.3 is 9.47 Å². The van der Waals surface area contributed by atoms with Crippen LogP contribution in [0.5, 0.6) is 0 Å². The van der Waals surface area contributed by atoms with Gasteiger partial charge in [0.25, 0.3) is 0 Å². The van der Waals surface area contributed by atoms with E-state index >= 15 is 0 Å². The second kappa shape index (κ2) is 11.3. The number of rotatable bonds is 6. The van der Waals surface area contributed by atoms with Crippen molar-refractivity contribution in [3.8, 4) is 22.3 Å². The number of aromatic nitrogens is 1. The van der Waals surface area contributed by atoms with Gasteiger partial charge in [0, 0.05) is 49.5 Å². The van der Waals surface area contributed by atoms with Crippen LogP contribution in [0, 0.1) is 0 Å². The smallest absolute Gasteiger partial charge is 0.0483 e. The van der Waals surface area contributed by atoms with Crippen LogP contribution in [0.2, 0.25) is 0 Å². The number of benzene rings is 3. The highest BCUT2D eigenvalue weighted by Crippen LogP contribution is 2.57. The molecule has 3 aromatic carbocycles. The molecule has 198 valence electrons. The van der Waals surface area contributed by atoms with E-state index in [0.29, 0.717) is 0 Å². The van der Waals surface area contributed by atoms with Crippen LogP contribution in [0.4, 0.5) is 5.69 Å². The maximum atomic E-state index is 2.53. The van der Waals surface area contributed by atoms with E-state index in [4.69, 9.17) is 0 Å². The van der Waals surface area contributed by atoms with Crippen LogP contribution in [0.15, 0.2) is 72.9 Å². The van der Waals surface area contributed by atoms with Gasteiger partial charge in [-0.05, 0) is 77.2 Å². The Labute approximate surface area is 230 Å². The summed E-state index contributed by atoms with van der Waals surface area (Å²) in [6.45, 7) is 0. The molecule has 1 heterocycles. The standard InChI is InChI=1S/C35H43N2P/c1-36(2)33-22-13-20-30(28-19-12-21-32-29(28)24-25-37(32)3)35(33)31-18-10-11-23-34(31)38(26-14-6-4-7-15-26)27-16-8-5-9-17-27/h10-13,18-27H,4-9,14-17H2,1-3H3. The summed E-state index contributed by atoms with van der Waals surface area (Å²) >= 11 is 0. The summed E-state index contributed by atoms with van der Waals surface area (Å²) in [5, 5.41) is 3.02. The molecule has 3 heteroatoms. The van der Waals surface area contributed by atoms with E-state index in [2.05, 4.69) is 104 Å². The van der Waals surface area contributed by atoms with E-state index < -0.39 is 0 Å². The van der Waals surface area contributed by atoms with Gasteiger partial charge in [0.2, 0.25) is 0 Å². The zero-order valence-corrected chi connectivity index (χ0v) is 24.4. The molecule has 0 unspecified atom stereocenters. The fourth-order valence-corrected chi connectivity index (χ4v) is 11.2. The van der Waals surface area contributed by atoms with E-state index in [9.17, 15) is 0 Å². The molecule has 6 rings (SSSR count). The normalized spacial score (nSPS) is 17.4. The zero-order chi connectivity index (χ0) is 26.1. The molecule has 2 nitrogen and oxygen atoms in total. The topological polar surface area (TPSA) is 8.17 Å². The molecule has 2 aliphatic rings. The molecule has 4 aromatic rings. The van der Waals surface area contributed by atoms with Crippen LogP contribution in [0.1, 0.15) is 64.2 Å². The van der Waals surface area contributed by atoms with E-state index in [1.807, 2.05) is 0 Å². The zero-order valence-electron chi connectivity index (χ0n) is 23.5. The minimum absolute atomic E-state index is 0.203. The Kier molecular flexibility index (Phi) is 7.62. The SMILES string of the molecule is CN(C)c1cccc(-c2cccc3c2ccn3C)c1-c1ccccc1P(C1CCCCC1)C1CCCCC1. The van der Waals surface area contributed by atoms with Crippen molar-refractivity contribution in [2.45, 2.75) is 75.5 Å². The van der Waals surface area contributed by atoms with Crippen molar-refractivity contribution in [3.05, 3.63) is 72.9 Å². The number of fused-ring (bicyclic) bond motifs is 1. The van der Waals surface area contributed by atoms with Gasteiger partial charge in [0.1, 0.15) is 0 Å². The first kappa shape index (κ1) is 25.7. The third kappa shape index (κ3) is 4.82. The second-order valence-electron chi connectivity index (χ2n) is 11.8. The van der Waals surface area contributed by atoms with Gasteiger partial charge >= 0.3 is 0 Å². The Morgan fingerprint density at radius 3 is 1.95 bits per heavy atom. The molecule has 0 spiro atoms. The molecular weight excluding hydrogens is 479 g/mol. The minimum atomic E-state index is -0.203. The van der Waals surface area contributed by atoms with Crippen LogP contribution >= 0.6 is 7.92 Å². The lowest BCUT2D eigenvalue weighted by molar-refractivity contribution is 0.487. The van der Waals surface area contributed by atoms with Gasteiger partial charge in [0.05, 0.1) is 0 Å².